The minimum Gasteiger partial charge on any atom is -0.475 e. The topological polar surface area (TPSA) is 159 Å². The van der Waals surface area contributed by atoms with Gasteiger partial charge < -0.3 is 30.9 Å². The Balaban J connectivity index is 0.000000956. The Labute approximate surface area is 164 Å². The first kappa shape index (κ1) is 26.2. The Hall–Kier alpha value is -2.83. The third kappa shape index (κ3) is 8.37. The van der Waals surface area contributed by atoms with Gasteiger partial charge in [-0.05, 0) is 19.4 Å². The molecule has 29 heavy (non-hydrogen) atoms. The number of nitrogens with zero attached hydrogens (tertiary/aromatic N) is 1. The monoisotopic (exact) mass is 427 g/mol. The summed E-state index contributed by atoms with van der Waals surface area (Å²) in [5, 5.41) is 18.8. The van der Waals surface area contributed by atoms with Crippen molar-refractivity contribution in [3.63, 3.8) is 0 Å². The molecule has 0 unspecified atom stereocenters. The molecule has 0 aromatic heterocycles. The van der Waals surface area contributed by atoms with Gasteiger partial charge in [0.2, 0.25) is 11.7 Å². The van der Waals surface area contributed by atoms with Crippen LogP contribution in [0.1, 0.15) is 27.2 Å². The highest BCUT2D eigenvalue weighted by Gasteiger charge is 2.41. The standard InChI is InChI=1S/C14H23N3O5.C2HF3O2/c1-4-6-17(5-2)13(19)12-11(16-8(3)18)9(15)7-10(22-12)14(20)21;3-2(4,5)1(6)7/h7,9,11-12H,4-6,15H2,1-3H3,(H,16,18)(H,20,21);(H,6,7)/t9-,11+,12+;/m0./s1. The number of halogens is 3. The molecule has 0 saturated heterocycles. The fraction of sp³-hybridized carbons (Fsp3) is 0.625. The van der Waals surface area contributed by atoms with Crippen molar-refractivity contribution >= 4 is 23.8 Å². The molecule has 166 valence electrons. The number of alkyl halides is 3. The highest BCUT2D eigenvalue weighted by molar-refractivity contribution is 5.88. The Morgan fingerprint density at radius 3 is 2.10 bits per heavy atom. The zero-order chi connectivity index (χ0) is 22.9. The molecular formula is C16H24F3N3O7. The van der Waals surface area contributed by atoms with E-state index in [1.807, 2.05) is 13.8 Å². The van der Waals surface area contributed by atoms with Crippen molar-refractivity contribution in [2.75, 3.05) is 13.1 Å². The fourth-order valence-corrected chi connectivity index (χ4v) is 2.34. The van der Waals surface area contributed by atoms with Crippen LogP contribution in [0.25, 0.3) is 0 Å². The number of carbonyl (C=O) groups is 4. The lowest BCUT2D eigenvalue weighted by molar-refractivity contribution is -0.192. The number of nitrogens with two attached hydrogens (primary N) is 1. The highest BCUT2D eigenvalue weighted by Crippen LogP contribution is 2.20. The third-order valence-electron chi connectivity index (χ3n) is 3.59. The van der Waals surface area contributed by atoms with Gasteiger partial charge in [0, 0.05) is 20.0 Å². The first-order chi connectivity index (χ1) is 13.3. The van der Waals surface area contributed by atoms with E-state index in [9.17, 15) is 27.6 Å². The van der Waals surface area contributed by atoms with Gasteiger partial charge >= 0.3 is 18.1 Å². The second-order valence-electron chi connectivity index (χ2n) is 5.90. The van der Waals surface area contributed by atoms with Crippen LogP contribution in [-0.4, -0.2) is 76.3 Å². The summed E-state index contributed by atoms with van der Waals surface area (Å²) in [6.07, 6.45) is -4.28. The average Bonchev–Trinajstić information content (AvgIpc) is 2.59. The van der Waals surface area contributed by atoms with Crippen molar-refractivity contribution in [3.8, 4) is 0 Å². The van der Waals surface area contributed by atoms with Gasteiger partial charge in [-0.15, -0.1) is 0 Å². The Morgan fingerprint density at radius 1 is 1.24 bits per heavy atom. The smallest absolute Gasteiger partial charge is 0.475 e. The van der Waals surface area contributed by atoms with Gasteiger partial charge in [-0.3, -0.25) is 9.59 Å². The van der Waals surface area contributed by atoms with Gasteiger partial charge in [-0.25, -0.2) is 9.59 Å². The maximum absolute atomic E-state index is 12.6. The predicted octanol–water partition coefficient (Wildman–Crippen LogP) is 0.0775. The molecule has 3 atom stereocenters. The number of likely N-dealkylation sites (N-methyl/N-ethyl adjacent to an activating group) is 1. The number of aliphatic carboxylic acids is 2. The first-order valence-corrected chi connectivity index (χ1v) is 8.49. The summed E-state index contributed by atoms with van der Waals surface area (Å²) in [6, 6.07) is -1.63. The van der Waals surface area contributed by atoms with Crippen molar-refractivity contribution in [3.05, 3.63) is 11.8 Å². The summed E-state index contributed by atoms with van der Waals surface area (Å²) < 4.78 is 37.0. The molecule has 1 rings (SSSR count). The molecule has 0 spiro atoms. The van der Waals surface area contributed by atoms with Crippen LogP contribution in [0.5, 0.6) is 0 Å². The number of ether oxygens (including phenoxy) is 1. The van der Waals surface area contributed by atoms with Crippen LogP contribution in [0.4, 0.5) is 13.2 Å². The normalized spacial score (nSPS) is 20.9. The fourth-order valence-electron chi connectivity index (χ4n) is 2.34. The van der Waals surface area contributed by atoms with Gasteiger partial charge in [0.1, 0.15) is 0 Å². The van der Waals surface area contributed by atoms with Crippen LogP contribution < -0.4 is 11.1 Å². The van der Waals surface area contributed by atoms with Crippen LogP contribution in [0.2, 0.25) is 0 Å². The van der Waals surface area contributed by atoms with E-state index in [4.69, 9.17) is 25.5 Å². The van der Waals surface area contributed by atoms with Gasteiger partial charge in [-0.1, -0.05) is 6.92 Å². The van der Waals surface area contributed by atoms with Gasteiger partial charge in [0.05, 0.1) is 12.1 Å². The Bertz CT molecular complexity index is 652. The molecule has 0 radical (unpaired) electrons. The molecule has 0 aromatic rings. The van der Waals surface area contributed by atoms with Crippen molar-refractivity contribution in [2.45, 2.75) is 51.6 Å². The summed E-state index contributed by atoms with van der Waals surface area (Å²) in [6.45, 7) is 6.02. The third-order valence-corrected chi connectivity index (χ3v) is 3.59. The van der Waals surface area contributed by atoms with E-state index in [2.05, 4.69) is 5.32 Å². The number of hydrogen-bond acceptors (Lipinski definition) is 6. The van der Waals surface area contributed by atoms with Crippen LogP contribution in [0.15, 0.2) is 11.8 Å². The molecule has 5 N–H and O–H groups in total. The molecule has 1 aliphatic rings. The summed E-state index contributed by atoms with van der Waals surface area (Å²) in [5.74, 6) is -5.18. The summed E-state index contributed by atoms with van der Waals surface area (Å²) >= 11 is 0. The molecule has 0 bridgehead atoms. The minimum absolute atomic E-state index is 0.368. The lowest BCUT2D eigenvalue weighted by atomic mass is 9.97. The molecule has 1 heterocycles. The Morgan fingerprint density at radius 2 is 1.76 bits per heavy atom. The minimum atomic E-state index is -5.08. The van der Waals surface area contributed by atoms with Crippen molar-refractivity contribution < 1.29 is 47.3 Å². The second-order valence-corrected chi connectivity index (χ2v) is 5.90. The highest BCUT2D eigenvalue weighted by atomic mass is 19.4. The van der Waals surface area contributed by atoms with E-state index in [-0.39, 0.29) is 17.6 Å². The van der Waals surface area contributed by atoms with Gasteiger partial charge in [0.25, 0.3) is 5.91 Å². The lowest BCUT2D eigenvalue weighted by Gasteiger charge is -2.36. The second kappa shape index (κ2) is 11.2. The van der Waals surface area contributed by atoms with Crippen molar-refractivity contribution in [2.24, 2.45) is 5.73 Å². The van der Waals surface area contributed by atoms with Crippen LogP contribution in [0.3, 0.4) is 0 Å². The largest absolute Gasteiger partial charge is 0.490 e. The maximum atomic E-state index is 12.6. The van der Waals surface area contributed by atoms with Crippen molar-refractivity contribution in [1.82, 2.24) is 10.2 Å². The first-order valence-electron chi connectivity index (χ1n) is 8.49. The molecule has 0 aliphatic carbocycles. The summed E-state index contributed by atoms with van der Waals surface area (Å²) in [5.41, 5.74) is 5.89. The van der Waals surface area contributed by atoms with Crippen LogP contribution in [-0.2, 0) is 23.9 Å². The zero-order valence-electron chi connectivity index (χ0n) is 16.0. The number of nitrogens with one attached hydrogen (secondary N) is 1. The number of carboxylic acids is 2. The van der Waals surface area contributed by atoms with E-state index < -0.39 is 36.3 Å². The molecule has 1 aliphatic heterocycles. The number of carbonyl (C=O) groups excluding carboxylic acids is 2. The molecule has 10 nitrogen and oxygen atoms in total. The van der Waals surface area contributed by atoms with Crippen LogP contribution in [0, 0.1) is 0 Å². The number of hydrogen-bond donors (Lipinski definition) is 4. The van der Waals surface area contributed by atoms with Crippen molar-refractivity contribution in [1.29, 1.82) is 0 Å². The quantitative estimate of drug-likeness (QED) is 0.464. The van der Waals surface area contributed by atoms with E-state index in [0.29, 0.717) is 13.1 Å². The van der Waals surface area contributed by atoms with E-state index >= 15 is 0 Å². The molecular weight excluding hydrogens is 403 g/mol. The SMILES string of the molecule is CCCN(CC)C(=O)[C@@H]1OC(C(=O)O)=C[C@H](N)[C@H]1NC(C)=O.O=C(O)C(F)(F)F. The molecule has 2 amide bonds. The average molecular weight is 427 g/mol. The van der Waals surface area contributed by atoms with E-state index in [1.165, 1.54) is 13.0 Å². The van der Waals surface area contributed by atoms with Crippen LogP contribution >= 0.6 is 0 Å². The number of amides is 2. The van der Waals surface area contributed by atoms with Gasteiger partial charge in [0.15, 0.2) is 6.10 Å². The number of carboxylic acid groups (broad SMARTS) is 2. The molecule has 0 aromatic carbocycles. The lowest BCUT2D eigenvalue weighted by Crippen LogP contribution is -2.61. The summed E-state index contributed by atoms with van der Waals surface area (Å²) in [7, 11) is 0. The molecule has 13 heteroatoms. The maximum Gasteiger partial charge on any atom is 0.490 e. The van der Waals surface area contributed by atoms with E-state index in [0.717, 1.165) is 6.42 Å². The molecule has 0 fully saturated rings. The number of rotatable bonds is 6. The summed E-state index contributed by atoms with van der Waals surface area (Å²) in [4.78, 5) is 45.5. The van der Waals surface area contributed by atoms with Gasteiger partial charge in [-0.2, -0.15) is 13.2 Å². The molecule has 0 saturated carbocycles. The zero-order valence-corrected chi connectivity index (χ0v) is 16.0. The van der Waals surface area contributed by atoms with E-state index in [1.54, 1.807) is 4.90 Å². The predicted molar refractivity (Wildman–Crippen MR) is 92.4 cm³/mol. The Kier molecular flexibility index (Phi) is 10.1.